The first-order valence-electron chi connectivity index (χ1n) is 11.0. The van der Waals surface area contributed by atoms with Gasteiger partial charge in [-0.1, -0.05) is 23.7 Å². The van der Waals surface area contributed by atoms with E-state index in [0.29, 0.717) is 17.7 Å². The molecular weight excluding hydrogens is 456 g/mol. The van der Waals surface area contributed by atoms with Crippen molar-refractivity contribution in [2.75, 3.05) is 12.4 Å². The fourth-order valence-electron chi connectivity index (χ4n) is 4.13. The normalized spacial score (nSPS) is 15.9. The largest absolute Gasteiger partial charge is 0.487 e. The molecule has 0 amide bonds. The Balaban J connectivity index is 1.44. The molecule has 1 fully saturated rings. The summed E-state index contributed by atoms with van der Waals surface area (Å²) >= 11 is 8.26. The standard InChI is InChI=1S/C25H25ClN4O2S/c1-16-11-19(22-8-9-28-30(22)2)18-6-3-7-23(25(18)29-16)32-14-20-21(26)12-27-13-24(20)33-15-17-5-4-10-31-17/h3,6-9,11-13,17H,4-5,10,14-15H2,1-2H3/t17-/m0/s1. The lowest BCUT2D eigenvalue weighted by Crippen LogP contribution is -2.08. The van der Waals surface area contributed by atoms with Crippen LogP contribution in [0.1, 0.15) is 24.1 Å². The molecule has 0 N–H and O–H groups in total. The fraction of sp³-hybridized carbons (Fsp3) is 0.320. The summed E-state index contributed by atoms with van der Waals surface area (Å²) in [5.41, 5.74) is 4.80. The zero-order valence-corrected chi connectivity index (χ0v) is 20.2. The van der Waals surface area contributed by atoms with E-state index in [2.05, 4.69) is 22.2 Å². The van der Waals surface area contributed by atoms with Gasteiger partial charge in [-0.25, -0.2) is 4.98 Å². The summed E-state index contributed by atoms with van der Waals surface area (Å²) in [7, 11) is 1.94. The van der Waals surface area contributed by atoms with Gasteiger partial charge in [0.1, 0.15) is 17.9 Å². The van der Waals surface area contributed by atoms with Crippen LogP contribution in [0.3, 0.4) is 0 Å². The van der Waals surface area contributed by atoms with E-state index in [-0.39, 0.29) is 0 Å². The molecule has 1 aromatic carbocycles. The molecule has 0 spiro atoms. The van der Waals surface area contributed by atoms with E-state index in [9.17, 15) is 0 Å². The molecule has 6 nitrogen and oxygen atoms in total. The molecule has 0 aliphatic carbocycles. The minimum atomic E-state index is 0.290. The van der Waals surface area contributed by atoms with Gasteiger partial charge in [0.05, 0.1) is 16.8 Å². The Labute approximate surface area is 202 Å². The van der Waals surface area contributed by atoms with E-state index in [1.165, 1.54) is 0 Å². The van der Waals surface area contributed by atoms with Crippen molar-refractivity contribution in [1.29, 1.82) is 0 Å². The SMILES string of the molecule is Cc1cc(-c2ccnn2C)c2cccc(OCc3c(Cl)cncc3SC[C@@H]3CCCO3)c2n1. The van der Waals surface area contributed by atoms with Crippen LogP contribution in [0.4, 0.5) is 0 Å². The van der Waals surface area contributed by atoms with Gasteiger partial charge in [-0.3, -0.25) is 9.67 Å². The van der Waals surface area contributed by atoms with Crippen molar-refractivity contribution in [3.63, 3.8) is 0 Å². The molecule has 5 rings (SSSR count). The molecule has 4 aromatic rings. The summed E-state index contributed by atoms with van der Waals surface area (Å²) in [4.78, 5) is 10.1. The van der Waals surface area contributed by atoms with Gasteiger partial charge in [0.2, 0.25) is 0 Å². The number of thioether (sulfide) groups is 1. The first-order valence-corrected chi connectivity index (χ1v) is 12.3. The fourth-order valence-corrected chi connectivity index (χ4v) is 5.51. The van der Waals surface area contributed by atoms with Crippen molar-refractivity contribution in [1.82, 2.24) is 19.7 Å². The Hall–Kier alpha value is -2.61. The third kappa shape index (κ3) is 4.71. The van der Waals surface area contributed by atoms with Crippen LogP contribution in [-0.2, 0) is 18.4 Å². The molecule has 0 radical (unpaired) electrons. The number of aromatic nitrogens is 4. The Morgan fingerprint density at radius 1 is 1.27 bits per heavy atom. The van der Waals surface area contributed by atoms with Crippen LogP contribution in [0.25, 0.3) is 22.2 Å². The maximum absolute atomic E-state index is 6.53. The van der Waals surface area contributed by atoms with Crippen LogP contribution in [0.2, 0.25) is 5.02 Å². The topological polar surface area (TPSA) is 62.1 Å². The number of rotatable bonds is 7. The Bertz CT molecular complexity index is 1290. The van der Waals surface area contributed by atoms with Crippen molar-refractivity contribution in [3.8, 4) is 17.0 Å². The minimum absolute atomic E-state index is 0.290. The highest BCUT2D eigenvalue weighted by Gasteiger charge is 2.18. The summed E-state index contributed by atoms with van der Waals surface area (Å²) < 4.78 is 13.9. The van der Waals surface area contributed by atoms with Gasteiger partial charge in [0.15, 0.2) is 0 Å². The average Bonchev–Trinajstić information content (AvgIpc) is 3.48. The molecule has 8 heteroatoms. The molecule has 0 unspecified atom stereocenters. The lowest BCUT2D eigenvalue weighted by molar-refractivity contribution is 0.129. The highest BCUT2D eigenvalue weighted by molar-refractivity contribution is 7.99. The quantitative estimate of drug-likeness (QED) is 0.309. The van der Waals surface area contributed by atoms with E-state index in [0.717, 1.165) is 69.3 Å². The van der Waals surface area contributed by atoms with Gasteiger partial charge in [0.25, 0.3) is 0 Å². The second kappa shape index (κ2) is 9.71. The summed E-state index contributed by atoms with van der Waals surface area (Å²) in [6, 6.07) is 10.1. The van der Waals surface area contributed by atoms with E-state index in [1.54, 1.807) is 24.2 Å². The zero-order chi connectivity index (χ0) is 22.8. The molecule has 33 heavy (non-hydrogen) atoms. The lowest BCUT2D eigenvalue weighted by atomic mass is 10.0. The maximum Gasteiger partial charge on any atom is 0.146 e. The first kappa shape index (κ1) is 22.2. The lowest BCUT2D eigenvalue weighted by Gasteiger charge is -2.15. The van der Waals surface area contributed by atoms with E-state index in [4.69, 9.17) is 26.1 Å². The van der Waals surface area contributed by atoms with Crippen LogP contribution >= 0.6 is 23.4 Å². The van der Waals surface area contributed by atoms with Crippen LogP contribution in [0.15, 0.2) is 53.8 Å². The van der Waals surface area contributed by atoms with Gasteiger partial charge >= 0.3 is 0 Å². The summed E-state index contributed by atoms with van der Waals surface area (Å²) in [6.45, 7) is 3.18. The number of ether oxygens (including phenoxy) is 2. The van der Waals surface area contributed by atoms with Gasteiger partial charge in [-0.2, -0.15) is 5.10 Å². The van der Waals surface area contributed by atoms with Gasteiger partial charge in [-0.15, -0.1) is 11.8 Å². The molecule has 0 bridgehead atoms. The third-order valence-electron chi connectivity index (χ3n) is 5.81. The average molecular weight is 481 g/mol. The number of hydrogen-bond acceptors (Lipinski definition) is 6. The Kier molecular flexibility index (Phi) is 6.53. The zero-order valence-electron chi connectivity index (χ0n) is 18.6. The second-order valence-corrected chi connectivity index (χ2v) is 9.61. The number of fused-ring (bicyclic) bond motifs is 1. The highest BCUT2D eigenvalue weighted by atomic mass is 35.5. The monoisotopic (exact) mass is 480 g/mol. The summed E-state index contributed by atoms with van der Waals surface area (Å²) in [5, 5.41) is 5.95. The molecule has 1 saturated heterocycles. The summed E-state index contributed by atoms with van der Waals surface area (Å²) in [6.07, 6.45) is 7.85. The van der Waals surface area contributed by atoms with Crippen molar-refractivity contribution in [2.24, 2.45) is 7.05 Å². The number of hydrogen-bond donors (Lipinski definition) is 0. The maximum atomic E-state index is 6.53. The number of para-hydroxylation sites is 1. The van der Waals surface area contributed by atoms with Crippen molar-refractivity contribution in [3.05, 3.63) is 65.2 Å². The van der Waals surface area contributed by atoms with E-state index >= 15 is 0 Å². The molecule has 170 valence electrons. The smallest absolute Gasteiger partial charge is 0.146 e. The molecule has 1 aliphatic rings. The first-order chi connectivity index (χ1) is 16.1. The predicted octanol–water partition coefficient (Wildman–Crippen LogP) is 5.84. The number of halogens is 1. The van der Waals surface area contributed by atoms with Crippen molar-refractivity contribution in [2.45, 2.75) is 37.4 Å². The van der Waals surface area contributed by atoms with Gasteiger partial charge < -0.3 is 9.47 Å². The van der Waals surface area contributed by atoms with Gasteiger partial charge in [-0.05, 0) is 38.0 Å². The Morgan fingerprint density at radius 2 is 2.18 bits per heavy atom. The third-order valence-corrected chi connectivity index (χ3v) is 7.34. The minimum Gasteiger partial charge on any atom is -0.487 e. The molecule has 3 aromatic heterocycles. The molecule has 0 saturated carbocycles. The summed E-state index contributed by atoms with van der Waals surface area (Å²) in [5.74, 6) is 1.61. The van der Waals surface area contributed by atoms with Crippen LogP contribution < -0.4 is 4.74 Å². The van der Waals surface area contributed by atoms with Crippen LogP contribution in [0, 0.1) is 6.92 Å². The van der Waals surface area contributed by atoms with Crippen LogP contribution in [0.5, 0.6) is 5.75 Å². The molecule has 1 aliphatic heterocycles. The van der Waals surface area contributed by atoms with Gasteiger partial charge in [0, 0.05) is 65.1 Å². The van der Waals surface area contributed by atoms with E-state index in [1.807, 2.05) is 43.0 Å². The number of aryl methyl sites for hydroxylation is 2. The van der Waals surface area contributed by atoms with Crippen LogP contribution in [-0.4, -0.2) is 38.2 Å². The Morgan fingerprint density at radius 3 is 2.97 bits per heavy atom. The van der Waals surface area contributed by atoms with E-state index < -0.39 is 0 Å². The second-order valence-electron chi connectivity index (χ2n) is 8.14. The molecule has 1 atom stereocenters. The number of nitrogens with zero attached hydrogens (tertiary/aromatic N) is 4. The molecular formula is C25H25ClN4O2S. The number of benzene rings is 1. The predicted molar refractivity (Wildman–Crippen MR) is 132 cm³/mol. The number of pyridine rings is 2. The molecule has 4 heterocycles. The van der Waals surface area contributed by atoms with Crippen molar-refractivity contribution < 1.29 is 9.47 Å². The van der Waals surface area contributed by atoms with Crippen molar-refractivity contribution >= 4 is 34.3 Å². The highest BCUT2D eigenvalue weighted by Crippen LogP contribution is 2.35.